The number of rotatable bonds is 11. The Labute approximate surface area is 215 Å². The molecule has 3 aromatic carbocycles. The molecule has 0 saturated heterocycles. The summed E-state index contributed by atoms with van der Waals surface area (Å²) in [5.41, 5.74) is 3.53. The molecule has 4 aromatic rings. The number of carbonyl (C=O) groups excluding carboxylic acids is 1. The minimum absolute atomic E-state index is 0. The van der Waals surface area contributed by atoms with Crippen LogP contribution in [-0.4, -0.2) is 44.3 Å². The number of aliphatic hydroxyl groups is 1. The normalized spacial score (nSPS) is 11.5. The first-order chi connectivity index (χ1) is 17.1. The molecule has 10 heteroatoms. The minimum atomic E-state index is -0.537. The lowest BCUT2D eigenvalue weighted by molar-refractivity contribution is -0.115. The third-order valence-corrected chi connectivity index (χ3v) is 5.52. The van der Waals surface area contributed by atoms with Crippen molar-refractivity contribution in [1.82, 2.24) is 25.5 Å². The molecule has 1 atom stereocenters. The fourth-order valence-electron chi connectivity index (χ4n) is 3.60. The van der Waals surface area contributed by atoms with Crippen molar-refractivity contribution in [3.63, 3.8) is 0 Å². The van der Waals surface area contributed by atoms with Crippen LogP contribution in [0.3, 0.4) is 0 Å². The van der Waals surface area contributed by atoms with Crippen LogP contribution >= 0.6 is 12.4 Å². The van der Waals surface area contributed by atoms with Crippen LogP contribution in [0.5, 0.6) is 0 Å². The standard InChI is InChI=1S/C26H27FN6O2.ClH/c27-22-10-6-20(7-11-22)18-33-25(30-31-32-33)16-26(35)29-23-12-8-19(9-13-23)14-15-28-17-24(34)21-4-2-1-3-5-21;/h1-13,24,28,34H,14-18H2,(H,29,35);1H. The van der Waals surface area contributed by atoms with Gasteiger partial charge in [0, 0.05) is 12.2 Å². The highest BCUT2D eigenvalue weighted by molar-refractivity contribution is 5.91. The van der Waals surface area contributed by atoms with Gasteiger partial charge in [0.2, 0.25) is 5.91 Å². The Morgan fingerprint density at radius 1 is 0.972 bits per heavy atom. The second-order valence-corrected chi connectivity index (χ2v) is 8.18. The van der Waals surface area contributed by atoms with Gasteiger partial charge in [0.25, 0.3) is 0 Å². The number of aromatic nitrogens is 4. The molecule has 0 bridgehead atoms. The number of nitrogens with one attached hydrogen (secondary N) is 2. The molecule has 188 valence electrons. The molecular weight excluding hydrogens is 483 g/mol. The maximum atomic E-state index is 13.1. The Morgan fingerprint density at radius 2 is 1.67 bits per heavy atom. The van der Waals surface area contributed by atoms with Crippen molar-refractivity contribution in [3.05, 3.63) is 107 Å². The van der Waals surface area contributed by atoms with Gasteiger partial charge >= 0.3 is 0 Å². The molecule has 4 rings (SSSR count). The summed E-state index contributed by atoms with van der Waals surface area (Å²) in [4.78, 5) is 12.5. The molecule has 0 aliphatic heterocycles. The van der Waals surface area contributed by atoms with Gasteiger partial charge in [-0.05, 0) is 64.3 Å². The van der Waals surface area contributed by atoms with E-state index in [1.165, 1.54) is 16.8 Å². The van der Waals surface area contributed by atoms with Crippen LogP contribution < -0.4 is 10.6 Å². The number of benzene rings is 3. The highest BCUT2D eigenvalue weighted by Crippen LogP contribution is 2.13. The monoisotopic (exact) mass is 510 g/mol. The van der Waals surface area contributed by atoms with Crippen LogP contribution in [0, 0.1) is 5.82 Å². The largest absolute Gasteiger partial charge is 0.387 e. The number of carbonyl (C=O) groups is 1. The summed E-state index contributed by atoms with van der Waals surface area (Å²) in [6.07, 6.45) is 0.280. The number of aliphatic hydroxyl groups excluding tert-OH is 1. The third kappa shape index (κ3) is 7.94. The van der Waals surface area contributed by atoms with E-state index in [9.17, 15) is 14.3 Å². The van der Waals surface area contributed by atoms with Crippen molar-refractivity contribution in [3.8, 4) is 0 Å². The molecule has 1 unspecified atom stereocenters. The van der Waals surface area contributed by atoms with E-state index < -0.39 is 6.10 Å². The lowest BCUT2D eigenvalue weighted by atomic mass is 10.1. The first-order valence-electron chi connectivity index (χ1n) is 11.4. The Morgan fingerprint density at radius 3 is 2.39 bits per heavy atom. The van der Waals surface area contributed by atoms with Crippen LogP contribution in [0.4, 0.5) is 10.1 Å². The van der Waals surface area contributed by atoms with E-state index in [1.54, 1.807) is 12.1 Å². The molecule has 3 N–H and O–H groups in total. The van der Waals surface area contributed by atoms with Gasteiger partial charge in [-0.3, -0.25) is 4.79 Å². The summed E-state index contributed by atoms with van der Waals surface area (Å²) >= 11 is 0. The summed E-state index contributed by atoms with van der Waals surface area (Å²) in [5, 5.41) is 27.9. The lowest BCUT2D eigenvalue weighted by Gasteiger charge is -2.12. The molecular formula is C26H28ClFN6O2. The maximum Gasteiger partial charge on any atom is 0.232 e. The number of nitrogens with zero attached hydrogens (tertiary/aromatic N) is 4. The summed E-state index contributed by atoms with van der Waals surface area (Å²) in [5.74, 6) is -0.120. The van der Waals surface area contributed by atoms with Crippen LogP contribution in [0.15, 0.2) is 78.9 Å². The number of hydrogen-bond acceptors (Lipinski definition) is 6. The summed E-state index contributed by atoms with van der Waals surface area (Å²) in [6, 6.07) is 23.3. The quantitative estimate of drug-likeness (QED) is 0.267. The predicted octanol–water partition coefficient (Wildman–Crippen LogP) is 3.33. The molecule has 1 heterocycles. The molecule has 0 aliphatic rings. The van der Waals surface area contributed by atoms with E-state index in [0.717, 1.165) is 29.7 Å². The van der Waals surface area contributed by atoms with Crippen LogP contribution in [-0.2, 0) is 24.2 Å². The SMILES string of the molecule is Cl.O=C(Cc1nnnn1Cc1ccc(F)cc1)Nc1ccc(CCNCC(O)c2ccccc2)cc1. The fraction of sp³-hybridized carbons (Fsp3) is 0.231. The molecule has 8 nitrogen and oxygen atoms in total. The number of tetrazole rings is 1. The first-order valence-corrected chi connectivity index (χ1v) is 11.4. The van der Waals surface area contributed by atoms with Crippen molar-refractivity contribution in [1.29, 1.82) is 0 Å². The van der Waals surface area contributed by atoms with Crippen molar-refractivity contribution in [2.24, 2.45) is 0 Å². The Bertz CT molecular complexity index is 1220. The van der Waals surface area contributed by atoms with Crippen molar-refractivity contribution in [2.75, 3.05) is 18.4 Å². The fourth-order valence-corrected chi connectivity index (χ4v) is 3.60. The Kier molecular flexibility index (Phi) is 10.1. The van der Waals surface area contributed by atoms with E-state index in [4.69, 9.17) is 0 Å². The van der Waals surface area contributed by atoms with Gasteiger partial charge in [-0.1, -0.05) is 54.6 Å². The predicted molar refractivity (Wildman–Crippen MR) is 137 cm³/mol. The maximum absolute atomic E-state index is 13.1. The van der Waals surface area contributed by atoms with E-state index >= 15 is 0 Å². The molecule has 0 spiro atoms. The number of halogens is 2. The molecule has 1 amide bonds. The smallest absolute Gasteiger partial charge is 0.232 e. The van der Waals surface area contributed by atoms with E-state index in [-0.39, 0.29) is 30.6 Å². The van der Waals surface area contributed by atoms with E-state index in [0.29, 0.717) is 24.6 Å². The molecule has 1 aromatic heterocycles. The second kappa shape index (κ2) is 13.4. The van der Waals surface area contributed by atoms with Gasteiger partial charge in [0.15, 0.2) is 5.82 Å². The zero-order chi connectivity index (χ0) is 24.5. The average molecular weight is 511 g/mol. The highest BCUT2D eigenvalue weighted by atomic mass is 35.5. The van der Waals surface area contributed by atoms with Gasteiger partial charge in [-0.15, -0.1) is 17.5 Å². The first kappa shape index (κ1) is 26.9. The summed E-state index contributed by atoms with van der Waals surface area (Å²) in [6.45, 7) is 1.56. The van der Waals surface area contributed by atoms with Crippen molar-refractivity contribution >= 4 is 24.0 Å². The topological polar surface area (TPSA) is 105 Å². The van der Waals surface area contributed by atoms with E-state index in [2.05, 4.69) is 26.2 Å². The van der Waals surface area contributed by atoms with Crippen molar-refractivity contribution < 1.29 is 14.3 Å². The molecule has 0 fully saturated rings. The number of amides is 1. The lowest BCUT2D eigenvalue weighted by Crippen LogP contribution is -2.23. The van der Waals surface area contributed by atoms with E-state index in [1.807, 2.05) is 54.6 Å². The molecule has 36 heavy (non-hydrogen) atoms. The molecule has 0 aliphatic carbocycles. The molecule has 0 radical (unpaired) electrons. The molecule has 0 saturated carbocycles. The highest BCUT2D eigenvalue weighted by Gasteiger charge is 2.12. The zero-order valence-electron chi connectivity index (χ0n) is 19.5. The summed E-state index contributed by atoms with van der Waals surface area (Å²) < 4.78 is 14.6. The van der Waals surface area contributed by atoms with Crippen LogP contribution in [0.2, 0.25) is 0 Å². The Hall–Kier alpha value is -3.66. The van der Waals surface area contributed by atoms with Crippen molar-refractivity contribution in [2.45, 2.75) is 25.5 Å². The third-order valence-electron chi connectivity index (χ3n) is 5.52. The van der Waals surface area contributed by atoms with Gasteiger partial charge < -0.3 is 15.7 Å². The number of anilines is 1. The zero-order valence-corrected chi connectivity index (χ0v) is 20.4. The van der Waals surface area contributed by atoms with Crippen LogP contribution in [0.1, 0.15) is 28.6 Å². The van der Waals surface area contributed by atoms with Crippen LogP contribution in [0.25, 0.3) is 0 Å². The summed E-state index contributed by atoms with van der Waals surface area (Å²) in [7, 11) is 0. The second-order valence-electron chi connectivity index (χ2n) is 8.18. The van der Waals surface area contributed by atoms with Gasteiger partial charge in [0.1, 0.15) is 5.82 Å². The minimum Gasteiger partial charge on any atom is -0.387 e. The number of hydrogen-bond donors (Lipinski definition) is 3. The average Bonchev–Trinajstić information content (AvgIpc) is 3.30. The van der Waals surface area contributed by atoms with Gasteiger partial charge in [-0.2, -0.15) is 0 Å². The van der Waals surface area contributed by atoms with Gasteiger partial charge in [0.05, 0.1) is 19.1 Å². The Balaban J connectivity index is 0.00000361. The van der Waals surface area contributed by atoms with Gasteiger partial charge in [-0.25, -0.2) is 9.07 Å².